The Morgan fingerprint density at radius 1 is 0.182 bits per heavy atom. The average molecular weight is 1890 g/mol. The molecule has 3 nitrogen and oxygen atoms in total. The molecule has 0 N–H and O–H groups in total. The van der Waals surface area contributed by atoms with E-state index in [4.69, 9.17) is 4.74 Å². The van der Waals surface area contributed by atoms with Crippen molar-refractivity contribution in [2.24, 2.45) is 0 Å². The van der Waals surface area contributed by atoms with Gasteiger partial charge in [0.2, 0.25) is 0 Å². The summed E-state index contributed by atoms with van der Waals surface area (Å²) in [5, 5.41) is 0. The molecule has 0 fully saturated rings. The molecule has 22 aromatic rings. The SMILES string of the molecule is CC1(c2ccc(-c3cccc(C4(c5ccccc5)c5ccccc5-c5ccc(N(c6cccc(-c7cccc8c7OC7C=CC=CC87C)c6)c6ccc7c(c6)C(C)(c6ccccc6)c6cccc(-c8ccccc8)c6-7)cc54)c3)cc2)c2cc(N(c3ccc(-c4cc(-c5ccccc5)cc(-c5ccccc5)c4)cc3)c3ccc4c(c3)C(c3ccccc3)(c3ccccc3)c3ccccc3-4)ccc2-c2c(-c3ccccc3)cccc21. The van der Waals surface area contributed by atoms with Gasteiger partial charge in [-0.15, -0.1) is 0 Å². The van der Waals surface area contributed by atoms with Crippen LogP contribution in [-0.2, 0) is 27.1 Å². The lowest BCUT2D eigenvalue weighted by molar-refractivity contribution is 0.228. The van der Waals surface area contributed by atoms with Crippen molar-refractivity contribution in [3.05, 3.63) is 642 Å². The zero-order chi connectivity index (χ0) is 98.4. The van der Waals surface area contributed by atoms with Gasteiger partial charge in [-0.3, -0.25) is 0 Å². The molecule has 0 bridgehead atoms. The van der Waals surface area contributed by atoms with Crippen molar-refractivity contribution in [1.82, 2.24) is 0 Å². The van der Waals surface area contributed by atoms with Crippen LogP contribution < -0.4 is 14.5 Å². The van der Waals surface area contributed by atoms with Crippen molar-refractivity contribution in [1.29, 1.82) is 0 Å². The molecule has 0 saturated carbocycles. The van der Waals surface area contributed by atoms with Crippen molar-refractivity contribution in [2.75, 3.05) is 9.80 Å². The average Bonchev–Trinajstić information content (AvgIpc) is 1.54. The summed E-state index contributed by atoms with van der Waals surface area (Å²) in [7, 11) is 0. The molecule has 148 heavy (non-hydrogen) atoms. The molecule has 6 aliphatic rings. The predicted octanol–water partition coefficient (Wildman–Crippen LogP) is 36.8. The number of ether oxygens (including phenoxy) is 1. The number of hydrogen-bond donors (Lipinski definition) is 0. The molecular weight excluding hydrogens is 1790 g/mol. The van der Waals surface area contributed by atoms with Gasteiger partial charge >= 0.3 is 0 Å². The van der Waals surface area contributed by atoms with Crippen LogP contribution in [0.1, 0.15) is 104 Å². The van der Waals surface area contributed by atoms with Crippen molar-refractivity contribution >= 4 is 34.1 Å². The quantitative estimate of drug-likeness (QED) is 0.0802. The third-order valence-corrected chi connectivity index (χ3v) is 33.4. The summed E-state index contributed by atoms with van der Waals surface area (Å²) in [4.78, 5) is 5.07. The maximum atomic E-state index is 7.10. The number of hydrogen-bond acceptors (Lipinski definition) is 3. The fourth-order valence-corrected chi connectivity index (χ4v) is 26.4. The van der Waals surface area contributed by atoms with Gasteiger partial charge in [-0.1, -0.05) is 455 Å². The summed E-state index contributed by atoms with van der Waals surface area (Å²) < 4.78 is 7.10. The van der Waals surface area contributed by atoms with Gasteiger partial charge in [0.25, 0.3) is 0 Å². The lowest BCUT2D eigenvalue weighted by Gasteiger charge is -2.35. The highest BCUT2D eigenvalue weighted by molar-refractivity contribution is 6.01. The fourth-order valence-electron chi connectivity index (χ4n) is 26.4. The first-order chi connectivity index (χ1) is 73.0. The summed E-state index contributed by atoms with van der Waals surface area (Å²) in [6.07, 6.45) is 8.69. The highest BCUT2D eigenvalue weighted by atomic mass is 16.5. The van der Waals surface area contributed by atoms with E-state index in [1.165, 1.54) is 172 Å². The van der Waals surface area contributed by atoms with Crippen molar-refractivity contribution < 1.29 is 4.74 Å². The van der Waals surface area contributed by atoms with E-state index in [0.29, 0.717) is 0 Å². The summed E-state index contributed by atoms with van der Waals surface area (Å²) in [5.41, 5.74) is 47.8. The molecule has 5 atom stereocenters. The van der Waals surface area contributed by atoms with Crippen LogP contribution in [0, 0.1) is 0 Å². The molecule has 698 valence electrons. The molecule has 1 heterocycles. The van der Waals surface area contributed by atoms with E-state index in [1.54, 1.807) is 0 Å². The van der Waals surface area contributed by atoms with Gasteiger partial charge in [0.05, 0.1) is 16.2 Å². The molecule has 0 spiro atoms. The third-order valence-electron chi connectivity index (χ3n) is 33.4. The van der Waals surface area contributed by atoms with E-state index < -0.39 is 21.7 Å². The number of para-hydroxylation sites is 1. The number of fused-ring (bicyclic) bond motifs is 15. The van der Waals surface area contributed by atoms with E-state index in [2.05, 4.69) is 589 Å². The first-order valence-corrected chi connectivity index (χ1v) is 51.8. The molecule has 1 aliphatic heterocycles. The normalized spacial score (nSPS) is 17.5. The van der Waals surface area contributed by atoms with Crippen LogP contribution in [0.2, 0.25) is 0 Å². The maximum Gasteiger partial charge on any atom is 0.132 e. The Hall–Kier alpha value is -18.3. The van der Waals surface area contributed by atoms with Crippen LogP contribution in [0.15, 0.2) is 558 Å². The minimum Gasteiger partial charge on any atom is -0.484 e. The van der Waals surface area contributed by atoms with Gasteiger partial charge in [0, 0.05) is 56.1 Å². The van der Waals surface area contributed by atoms with Crippen molar-refractivity contribution in [3.8, 4) is 128 Å². The van der Waals surface area contributed by atoms with Crippen molar-refractivity contribution in [2.45, 2.75) is 54.0 Å². The predicted molar refractivity (Wildman–Crippen MR) is 613 cm³/mol. The molecule has 0 saturated heterocycles. The topological polar surface area (TPSA) is 15.7 Å². The smallest absolute Gasteiger partial charge is 0.132 e. The van der Waals surface area contributed by atoms with Crippen LogP contribution in [0.4, 0.5) is 34.1 Å². The monoisotopic (exact) mass is 1890 g/mol. The Morgan fingerprint density at radius 3 is 0.986 bits per heavy atom. The highest BCUT2D eigenvalue weighted by Crippen LogP contribution is 2.64. The summed E-state index contributed by atoms with van der Waals surface area (Å²) in [5.74, 6) is 0.932. The van der Waals surface area contributed by atoms with Gasteiger partial charge in [-0.05, 0) is 319 Å². The van der Waals surface area contributed by atoms with Crippen LogP contribution >= 0.6 is 0 Å². The van der Waals surface area contributed by atoms with Crippen LogP contribution in [0.5, 0.6) is 5.75 Å². The molecule has 3 heteroatoms. The molecule has 0 radical (unpaired) electrons. The second-order valence-electron chi connectivity index (χ2n) is 41.1. The second-order valence-corrected chi connectivity index (χ2v) is 41.1. The largest absolute Gasteiger partial charge is 0.484 e. The minimum absolute atomic E-state index is 0.115. The van der Waals surface area contributed by atoms with E-state index in [0.717, 1.165) is 73.3 Å². The lowest BCUT2D eigenvalue weighted by Crippen LogP contribution is -2.32. The van der Waals surface area contributed by atoms with Crippen LogP contribution in [0.3, 0.4) is 0 Å². The highest BCUT2D eigenvalue weighted by Gasteiger charge is 2.52. The van der Waals surface area contributed by atoms with E-state index in [1.807, 2.05) is 0 Å². The molecule has 0 amide bonds. The van der Waals surface area contributed by atoms with Crippen LogP contribution in [-0.4, -0.2) is 6.10 Å². The Kier molecular flexibility index (Phi) is 20.6. The Labute approximate surface area is 866 Å². The summed E-state index contributed by atoms with van der Waals surface area (Å²) >= 11 is 0. The van der Waals surface area contributed by atoms with E-state index in [9.17, 15) is 0 Å². The Bertz CT molecular complexity index is 8970. The Morgan fingerprint density at radius 2 is 0.500 bits per heavy atom. The molecule has 28 rings (SSSR count). The Balaban J connectivity index is 0.601. The fraction of sp³-hybridized carbons (Fsp3) is 0.0621. The van der Waals surface area contributed by atoms with Gasteiger partial charge < -0.3 is 14.5 Å². The van der Waals surface area contributed by atoms with Gasteiger partial charge in [-0.2, -0.15) is 0 Å². The zero-order valence-electron chi connectivity index (χ0n) is 82.5. The summed E-state index contributed by atoms with van der Waals surface area (Å²) in [6.45, 7) is 7.24. The number of nitrogens with zero attached hydrogens (tertiary/aromatic N) is 2. The van der Waals surface area contributed by atoms with E-state index >= 15 is 0 Å². The lowest BCUT2D eigenvalue weighted by atomic mass is 9.67. The molecule has 5 aliphatic carbocycles. The van der Waals surface area contributed by atoms with E-state index in [-0.39, 0.29) is 11.5 Å². The van der Waals surface area contributed by atoms with Crippen molar-refractivity contribution in [3.63, 3.8) is 0 Å². The third kappa shape index (κ3) is 13.5. The minimum atomic E-state index is -0.808. The summed E-state index contributed by atoms with van der Waals surface area (Å²) in [6, 6.07) is 202. The molecule has 0 aromatic heterocycles. The number of benzene rings is 22. The first-order valence-electron chi connectivity index (χ1n) is 51.8. The van der Waals surface area contributed by atoms with Gasteiger partial charge in [-0.25, -0.2) is 0 Å². The number of allylic oxidation sites excluding steroid dienone is 2. The second kappa shape index (κ2) is 34.8. The molecule has 22 aromatic carbocycles. The van der Waals surface area contributed by atoms with Gasteiger partial charge in [0.15, 0.2) is 0 Å². The number of anilines is 6. The first kappa shape index (κ1) is 87.5. The maximum absolute atomic E-state index is 7.10. The molecular formula is C145H102N2O. The zero-order valence-corrected chi connectivity index (χ0v) is 82.5. The molecule has 5 unspecified atom stereocenters. The number of rotatable bonds is 19. The standard InChI is InChI=1S/C145H102N2O/c1-141-86-33-32-69-137(141)148-140-121(63-38-68-132(140)141)103-48-35-58-114(91-103)147(116-81-85-126-133(93-116)142(2,107-49-20-8-21-50-107)130-66-36-61-119(138(126)130)100-43-16-6-17-44-100)118-79-83-125-123-60-29-31-65-129(123)145(136(125)95-118,111-55-26-11-27-56-111)112-57-34-47-102(90-112)98-70-74-108(75-71-98)143(3)131-67-37-62-120(101-45-18-7-19-46-101)139(131)127-84-80-115(92-134(127)143)146(113-76-72-99(73-77-113)106-88-104(96-39-12-4-13-40-96)87-105(89-106)97-41-14-5-15-42-97)117-78-82-124-122-59-28-30-64-128(122)144(135(124)94-117,109-51-22-9-23-52-109)110-53-24-10-25-54-110/h4-95,137H,1-3H3. The van der Waals surface area contributed by atoms with Gasteiger partial charge in [0.1, 0.15) is 11.9 Å². The van der Waals surface area contributed by atoms with Crippen LogP contribution in [0.25, 0.3) is 122 Å².